The monoisotopic (exact) mass is 514 g/mol. The first kappa shape index (κ1) is 28.0. The van der Waals surface area contributed by atoms with Gasteiger partial charge < -0.3 is 29.2 Å². The van der Waals surface area contributed by atoms with Gasteiger partial charge in [-0.2, -0.15) is 0 Å². The van der Waals surface area contributed by atoms with Crippen molar-refractivity contribution >= 4 is 5.97 Å². The van der Waals surface area contributed by atoms with Gasteiger partial charge >= 0.3 is 5.97 Å². The van der Waals surface area contributed by atoms with Crippen molar-refractivity contribution in [1.29, 1.82) is 0 Å². The van der Waals surface area contributed by atoms with E-state index in [0.29, 0.717) is 18.9 Å². The highest BCUT2D eigenvalue weighted by Crippen LogP contribution is 2.31. The molecule has 0 aromatic rings. The van der Waals surface area contributed by atoms with Gasteiger partial charge in [-0.25, -0.2) is 4.79 Å². The van der Waals surface area contributed by atoms with Gasteiger partial charge in [0.1, 0.15) is 18.3 Å². The van der Waals surface area contributed by atoms with Crippen LogP contribution in [0.1, 0.15) is 58.8 Å². The highest BCUT2D eigenvalue weighted by Gasteiger charge is 2.42. The molecule has 204 valence electrons. The fourth-order valence-electron chi connectivity index (χ4n) is 5.62. The fourth-order valence-corrected chi connectivity index (χ4v) is 5.62. The van der Waals surface area contributed by atoms with Crippen molar-refractivity contribution in [2.24, 2.45) is 5.92 Å². The van der Waals surface area contributed by atoms with E-state index >= 15 is 0 Å². The lowest BCUT2D eigenvalue weighted by atomic mass is 9.90. The SMILES string of the molecule is C=C1CC(C)C[C@H]2CC=C[C@H](C/C=C\C(=O)O[C@@H]3C[C@H](O[C@@H]3/C=C/[C@H]3CC(C)=CCO3)[C@H](O)C(O)C1)O2. The van der Waals surface area contributed by atoms with E-state index < -0.39 is 36.5 Å². The highest BCUT2D eigenvalue weighted by atomic mass is 16.6. The molecule has 4 aliphatic heterocycles. The van der Waals surface area contributed by atoms with Crippen LogP contribution in [0.3, 0.4) is 0 Å². The van der Waals surface area contributed by atoms with Gasteiger partial charge in [0.15, 0.2) is 0 Å². The fraction of sp³-hybridized carbons (Fsp3) is 0.633. The van der Waals surface area contributed by atoms with E-state index in [4.69, 9.17) is 18.9 Å². The standard InChI is InChI=1S/C30H42O7/c1-19-12-13-34-23(15-19)10-11-26-27-18-28(36-26)30(33)25(31)17-21(3)14-20(2)16-24-8-4-6-22(35-24)7-5-9-29(32)37-27/h4-6,9-12,20,22-28,30-31,33H,3,7-8,13-18H2,1-2H3/b9-5-,11-10+/t20?,22-,23+,24-,25?,26-,27-,28+,30-/m1/s1. The third kappa shape index (κ3) is 8.23. The Hall–Kier alpha value is -2.03. The Balaban J connectivity index is 1.49. The Morgan fingerprint density at radius 2 is 1.86 bits per heavy atom. The largest absolute Gasteiger partial charge is 0.456 e. The lowest BCUT2D eigenvalue weighted by molar-refractivity contribution is -0.144. The molecule has 0 spiro atoms. The predicted octanol–water partition coefficient (Wildman–Crippen LogP) is 4.11. The number of carbonyl (C=O) groups excluding carboxylic acids is 1. The Labute approximate surface area is 220 Å². The van der Waals surface area contributed by atoms with Crippen LogP contribution in [-0.2, 0) is 23.7 Å². The van der Waals surface area contributed by atoms with Crippen LogP contribution in [0.15, 0.2) is 60.3 Å². The summed E-state index contributed by atoms with van der Waals surface area (Å²) in [6.07, 6.45) is 13.7. The van der Waals surface area contributed by atoms with Crippen molar-refractivity contribution in [1.82, 2.24) is 0 Å². The number of aliphatic hydroxyl groups excluding tert-OH is 2. The van der Waals surface area contributed by atoms with Gasteiger partial charge in [0.2, 0.25) is 0 Å². The maximum Gasteiger partial charge on any atom is 0.330 e. The predicted molar refractivity (Wildman–Crippen MR) is 141 cm³/mol. The van der Waals surface area contributed by atoms with Crippen molar-refractivity contribution in [3.05, 3.63) is 60.3 Å². The van der Waals surface area contributed by atoms with Gasteiger partial charge in [-0.15, -0.1) is 0 Å². The second-order valence-corrected chi connectivity index (χ2v) is 11.0. The zero-order chi connectivity index (χ0) is 26.4. The first-order valence-electron chi connectivity index (χ1n) is 13.6. The van der Waals surface area contributed by atoms with Gasteiger partial charge in [0.05, 0.1) is 37.1 Å². The first-order valence-corrected chi connectivity index (χ1v) is 13.6. The van der Waals surface area contributed by atoms with E-state index in [0.717, 1.165) is 31.3 Å². The molecule has 0 amide bonds. The molecule has 0 aromatic heterocycles. The lowest BCUT2D eigenvalue weighted by Crippen LogP contribution is -2.37. The molecule has 37 heavy (non-hydrogen) atoms. The number of hydrogen-bond donors (Lipinski definition) is 2. The minimum Gasteiger partial charge on any atom is -0.456 e. The van der Waals surface area contributed by atoms with Crippen LogP contribution in [-0.4, -0.2) is 71.6 Å². The smallest absolute Gasteiger partial charge is 0.330 e. The van der Waals surface area contributed by atoms with E-state index in [2.05, 4.69) is 32.6 Å². The number of esters is 1. The summed E-state index contributed by atoms with van der Waals surface area (Å²) in [7, 11) is 0. The molecule has 7 nitrogen and oxygen atoms in total. The number of aliphatic hydroxyl groups is 2. The molecule has 2 unspecified atom stereocenters. The van der Waals surface area contributed by atoms with Crippen molar-refractivity contribution < 1.29 is 34.0 Å². The van der Waals surface area contributed by atoms with Gasteiger partial charge in [-0.3, -0.25) is 0 Å². The molecule has 4 aliphatic rings. The first-order chi connectivity index (χ1) is 17.8. The second-order valence-electron chi connectivity index (χ2n) is 11.0. The van der Waals surface area contributed by atoms with Crippen LogP contribution >= 0.6 is 0 Å². The maximum atomic E-state index is 12.7. The number of ether oxygens (including phenoxy) is 4. The van der Waals surface area contributed by atoms with Crippen LogP contribution in [0.4, 0.5) is 0 Å². The van der Waals surface area contributed by atoms with Crippen molar-refractivity contribution in [3.8, 4) is 0 Å². The summed E-state index contributed by atoms with van der Waals surface area (Å²) in [6.45, 7) is 8.95. The van der Waals surface area contributed by atoms with Crippen LogP contribution in [0, 0.1) is 5.92 Å². The summed E-state index contributed by atoms with van der Waals surface area (Å²) in [5.41, 5.74) is 2.15. The third-order valence-corrected chi connectivity index (χ3v) is 7.53. The molecule has 1 fully saturated rings. The number of rotatable bonds is 2. The van der Waals surface area contributed by atoms with Crippen LogP contribution in [0.25, 0.3) is 0 Å². The van der Waals surface area contributed by atoms with E-state index in [1.807, 2.05) is 18.2 Å². The van der Waals surface area contributed by atoms with E-state index in [-0.39, 0.29) is 31.2 Å². The Morgan fingerprint density at radius 1 is 1.03 bits per heavy atom. The number of fused-ring (bicyclic) bond motifs is 4. The van der Waals surface area contributed by atoms with Gasteiger partial charge in [-0.1, -0.05) is 61.1 Å². The highest BCUT2D eigenvalue weighted by molar-refractivity contribution is 5.82. The van der Waals surface area contributed by atoms with Gasteiger partial charge in [-0.05, 0) is 51.4 Å². The minimum atomic E-state index is -1.12. The zero-order valence-corrected chi connectivity index (χ0v) is 22.0. The Morgan fingerprint density at radius 3 is 2.68 bits per heavy atom. The molecule has 2 N–H and O–H groups in total. The molecule has 0 saturated carbocycles. The topological polar surface area (TPSA) is 94.5 Å². The summed E-state index contributed by atoms with van der Waals surface area (Å²) in [5.74, 6) is -0.129. The molecule has 9 atom stereocenters. The minimum absolute atomic E-state index is 0.0723. The molecular formula is C30H42O7. The molecule has 0 radical (unpaired) electrons. The normalized spacial score (nSPS) is 41.1. The van der Waals surface area contributed by atoms with Crippen molar-refractivity contribution in [3.63, 3.8) is 0 Å². The summed E-state index contributed by atoms with van der Waals surface area (Å²) in [5, 5.41) is 21.7. The van der Waals surface area contributed by atoms with Crippen LogP contribution < -0.4 is 0 Å². The van der Waals surface area contributed by atoms with Gasteiger partial charge in [0, 0.05) is 12.5 Å². The van der Waals surface area contributed by atoms with Gasteiger partial charge in [0.25, 0.3) is 0 Å². The maximum absolute atomic E-state index is 12.7. The average molecular weight is 515 g/mol. The van der Waals surface area contributed by atoms with E-state index in [1.54, 1.807) is 6.08 Å². The van der Waals surface area contributed by atoms with E-state index in [1.165, 1.54) is 11.6 Å². The molecule has 1 saturated heterocycles. The summed E-state index contributed by atoms with van der Waals surface area (Å²) in [6, 6.07) is 0. The number of hydrogen-bond acceptors (Lipinski definition) is 7. The molecule has 4 rings (SSSR count). The summed E-state index contributed by atoms with van der Waals surface area (Å²) >= 11 is 0. The molecular weight excluding hydrogens is 472 g/mol. The van der Waals surface area contributed by atoms with Crippen molar-refractivity contribution in [2.75, 3.05) is 6.61 Å². The average Bonchev–Trinajstić information content (AvgIpc) is 3.24. The van der Waals surface area contributed by atoms with E-state index in [9.17, 15) is 15.0 Å². The summed E-state index contributed by atoms with van der Waals surface area (Å²) in [4.78, 5) is 12.7. The third-order valence-electron chi connectivity index (χ3n) is 7.53. The number of carbonyl (C=O) groups is 1. The van der Waals surface area contributed by atoms with Crippen molar-refractivity contribution in [2.45, 2.75) is 108 Å². The molecule has 7 heteroatoms. The lowest BCUT2D eigenvalue weighted by Gasteiger charge is -2.28. The second kappa shape index (κ2) is 13.2. The molecule has 4 bridgehead atoms. The Kier molecular flexibility index (Phi) is 9.96. The Bertz CT molecular complexity index is 919. The van der Waals surface area contributed by atoms with Crippen LogP contribution in [0.5, 0.6) is 0 Å². The quantitative estimate of drug-likeness (QED) is 0.423. The molecule has 4 heterocycles. The summed E-state index contributed by atoms with van der Waals surface area (Å²) < 4.78 is 23.9. The molecule has 0 aliphatic carbocycles. The van der Waals surface area contributed by atoms with Crippen LogP contribution in [0.2, 0.25) is 0 Å². The molecule has 0 aromatic carbocycles. The zero-order valence-electron chi connectivity index (χ0n) is 22.0.